The van der Waals surface area contributed by atoms with Crippen molar-refractivity contribution >= 4 is 14.3 Å². The van der Waals surface area contributed by atoms with Crippen molar-refractivity contribution in [2.45, 2.75) is 65.3 Å². The maximum Gasteiger partial charge on any atom is 0.344 e. The molecule has 0 saturated heterocycles. The molecule has 0 fully saturated rings. The van der Waals surface area contributed by atoms with E-state index in [2.05, 4.69) is 19.6 Å². The van der Waals surface area contributed by atoms with Crippen LogP contribution in [0.25, 0.3) is 0 Å². The fraction of sp³-hybridized carbons (Fsp3) is 0.786. The first-order valence-electron chi connectivity index (χ1n) is 6.96. The summed E-state index contributed by atoms with van der Waals surface area (Å²) in [5.74, 6) is -1.89. The second-order valence-electron chi connectivity index (χ2n) is 7.15. The minimum Gasteiger partial charge on any atom is -0.434 e. The number of ether oxygens (including phenoxy) is 3. The smallest absolute Gasteiger partial charge is 0.344 e. The van der Waals surface area contributed by atoms with Crippen molar-refractivity contribution in [1.82, 2.24) is 0 Å². The van der Waals surface area contributed by atoms with E-state index in [9.17, 15) is 4.79 Å². The van der Waals surface area contributed by atoms with Crippen LogP contribution in [0, 0.1) is 5.92 Å². The van der Waals surface area contributed by atoms with Gasteiger partial charge in [0.15, 0.2) is 8.32 Å². The zero-order valence-corrected chi connectivity index (χ0v) is 14.3. The van der Waals surface area contributed by atoms with Crippen molar-refractivity contribution in [2.24, 2.45) is 5.92 Å². The minimum absolute atomic E-state index is 0.0244. The second kappa shape index (κ2) is 4.49. The zero-order valence-electron chi connectivity index (χ0n) is 13.3. The molecule has 0 aromatic carbocycles. The van der Waals surface area contributed by atoms with Crippen LogP contribution in [0.2, 0.25) is 19.6 Å². The average molecular weight is 300 g/mol. The molecule has 0 aliphatic carbocycles. The van der Waals surface area contributed by atoms with Gasteiger partial charge in [-0.2, -0.15) is 0 Å². The normalized spacial score (nSPS) is 33.0. The molecule has 0 aromatic rings. The van der Waals surface area contributed by atoms with E-state index in [1.807, 2.05) is 13.8 Å². The molecule has 2 rings (SSSR count). The van der Waals surface area contributed by atoms with Crippen LogP contribution in [0.3, 0.4) is 0 Å². The van der Waals surface area contributed by atoms with Crippen molar-refractivity contribution in [3.8, 4) is 0 Å². The highest BCUT2D eigenvalue weighted by Crippen LogP contribution is 2.42. The lowest BCUT2D eigenvalue weighted by molar-refractivity contribution is -0.272. The molecule has 114 valence electrons. The summed E-state index contributed by atoms with van der Waals surface area (Å²) >= 11 is 0. The maximum absolute atomic E-state index is 12.1. The summed E-state index contributed by atoms with van der Waals surface area (Å²) < 4.78 is 23.0. The van der Waals surface area contributed by atoms with Gasteiger partial charge in [-0.3, -0.25) is 0 Å². The first-order chi connectivity index (χ1) is 8.91. The number of carbonyl (C=O) groups is 1. The molecule has 0 amide bonds. The van der Waals surface area contributed by atoms with Crippen LogP contribution in [-0.4, -0.2) is 25.9 Å². The van der Waals surface area contributed by atoms with E-state index in [1.165, 1.54) is 0 Å². The van der Waals surface area contributed by atoms with Gasteiger partial charge >= 0.3 is 5.97 Å². The molecule has 0 aromatic heterocycles. The average Bonchev–Trinajstić information content (AvgIpc) is 2.07. The summed E-state index contributed by atoms with van der Waals surface area (Å²) in [6.07, 6.45) is 0.606. The van der Waals surface area contributed by atoms with Gasteiger partial charge in [-0.05, 0) is 19.6 Å². The number of esters is 1. The molecule has 6 heteroatoms. The predicted molar refractivity (Wildman–Crippen MR) is 76.0 cm³/mol. The Bertz CT molecular complexity index is 463. The SMILES string of the molecule is CC1CC(C)(O[Si](C)(C)C)OC2=C1C(=O)OC(C)(C)O2. The molecule has 2 heterocycles. The fourth-order valence-corrected chi connectivity index (χ4v) is 4.17. The van der Waals surface area contributed by atoms with Crippen molar-refractivity contribution in [3.63, 3.8) is 0 Å². The Kier molecular flexibility index (Phi) is 3.45. The molecule has 2 unspecified atom stereocenters. The largest absolute Gasteiger partial charge is 0.434 e. The standard InChI is InChI=1S/C14H24O5Si/c1-9-8-14(4,19-20(5,6)7)18-12-10(9)11(15)16-13(2,3)17-12/h9H,8H2,1-7H3. The van der Waals surface area contributed by atoms with E-state index in [0.717, 1.165) is 0 Å². The molecule has 0 radical (unpaired) electrons. The summed E-state index contributed by atoms with van der Waals surface area (Å²) in [5, 5.41) is 0. The van der Waals surface area contributed by atoms with Gasteiger partial charge in [-0.1, -0.05) is 6.92 Å². The van der Waals surface area contributed by atoms with Gasteiger partial charge in [-0.25, -0.2) is 4.79 Å². The number of rotatable bonds is 2. The van der Waals surface area contributed by atoms with Crippen molar-refractivity contribution in [3.05, 3.63) is 11.5 Å². The molecule has 0 N–H and O–H groups in total. The minimum atomic E-state index is -1.78. The van der Waals surface area contributed by atoms with Crippen molar-refractivity contribution < 1.29 is 23.4 Å². The first-order valence-corrected chi connectivity index (χ1v) is 10.4. The van der Waals surface area contributed by atoms with Gasteiger partial charge in [0.05, 0.1) is 0 Å². The maximum atomic E-state index is 12.1. The Morgan fingerprint density at radius 2 is 1.75 bits per heavy atom. The van der Waals surface area contributed by atoms with Crippen LogP contribution < -0.4 is 0 Å². The molecular weight excluding hydrogens is 276 g/mol. The van der Waals surface area contributed by atoms with E-state index >= 15 is 0 Å². The lowest BCUT2D eigenvalue weighted by Gasteiger charge is -2.45. The fourth-order valence-electron chi connectivity index (χ4n) is 2.74. The second-order valence-corrected chi connectivity index (χ2v) is 11.6. The third-order valence-electron chi connectivity index (χ3n) is 3.12. The molecule has 0 bridgehead atoms. The molecule has 0 spiro atoms. The molecule has 2 atom stereocenters. The number of carbonyl (C=O) groups excluding carboxylic acids is 1. The Morgan fingerprint density at radius 3 is 2.30 bits per heavy atom. The van der Waals surface area contributed by atoms with Gasteiger partial charge < -0.3 is 18.6 Å². The molecule has 20 heavy (non-hydrogen) atoms. The highest BCUT2D eigenvalue weighted by atomic mass is 28.4. The summed E-state index contributed by atoms with van der Waals surface area (Å²) in [5.41, 5.74) is 0.473. The molecule has 2 aliphatic rings. The van der Waals surface area contributed by atoms with Crippen LogP contribution in [-0.2, 0) is 23.4 Å². The Labute approximate surface area is 121 Å². The Morgan fingerprint density at radius 1 is 1.15 bits per heavy atom. The zero-order chi connectivity index (χ0) is 15.3. The highest BCUT2D eigenvalue weighted by molar-refractivity contribution is 6.69. The monoisotopic (exact) mass is 300 g/mol. The topological polar surface area (TPSA) is 54.0 Å². The van der Waals surface area contributed by atoms with Crippen LogP contribution >= 0.6 is 0 Å². The Hall–Kier alpha value is -1.01. The molecule has 0 saturated carbocycles. The van der Waals surface area contributed by atoms with Gasteiger partial charge in [0, 0.05) is 33.1 Å². The van der Waals surface area contributed by atoms with E-state index in [4.69, 9.17) is 18.6 Å². The molecular formula is C14H24O5Si. The van der Waals surface area contributed by atoms with E-state index < -0.39 is 19.9 Å². The summed E-state index contributed by atoms with van der Waals surface area (Å²) in [4.78, 5) is 12.1. The first kappa shape index (κ1) is 15.4. The number of hydrogen-bond acceptors (Lipinski definition) is 5. The summed E-state index contributed by atoms with van der Waals surface area (Å²) in [6, 6.07) is 0. The molecule has 2 aliphatic heterocycles. The van der Waals surface area contributed by atoms with E-state index in [-0.39, 0.29) is 17.8 Å². The van der Waals surface area contributed by atoms with Gasteiger partial charge in [-0.15, -0.1) is 0 Å². The van der Waals surface area contributed by atoms with Crippen LogP contribution in [0.4, 0.5) is 0 Å². The van der Waals surface area contributed by atoms with Gasteiger partial charge in [0.1, 0.15) is 5.57 Å². The quantitative estimate of drug-likeness (QED) is 0.579. The summed E-state index contributed by atoms with van der Waals surface area (Å²) in [6.45, 7) is 13.6. The number of hydrogen-bond donors (Lipinski definition) is 0. The Balaban J connectivity index is 2.31. The lowest BCUT2D eigenvalue weighted by atomic mass is 9.91. The third kappa shape index (κ3) is 3.17. The molecule has 5 nitrogen and oxygen atoms in total. The van der Waals surface area contributed by atoms with Gasteiger partial charge in [0.2, 0.25) is 5.79 Å². The lowest BCUT2D eigenvalue weighted by Crippen LogP contribution is -2.50. The number of cyclic esters (lactones) is 1. The van der Waals surface area contributed by atoms with Crippen molar-refractivity contribution in [1.29, 1.82) is 0 Å². The highest BCUT2D eigenvalue weighted by Gasteiger charge is 2.48. The third-order valence-corrected chi connectivity index (χ3v) is 4.16. The predicted octanol–water partition coefficient (Wildman–Crippen LogP) is 3.13. The van der Waals surface area contributed by atoms with E-state index in [1.54, 1.807) is 13.8 Å². The van der Waals surface area contributed by atoms with Crippen LogP contribution in [0.5, 0.6) is 0 Å². The van der Waals surface area contributed by atoms with Crippen molar-refractivity contribution in [2.75, 3.05) is 0 Å². The van der Waals surface area contributed by atoms with Crippen LogP contribution in [0.15, 0.2) is 11.5 Å². The summed E-state index contributed by atoms with van der Waals surface area (Å²) in [7, 11) is -1.78. The van der Waals surface area contributed by atoms with E-state index in [0.29, 0.717) is 12.0 Å². The van der Waals surface area contributed by atoms with Gasteiger partial charge in [0.25, 0.3) is 11.7 Å². The van der Waals surface area contributed by atoms with Crippen LogP contribution in [0.1, 0.15) is 34.1 Å².